The molecule has 0 aliphatic carbocycles. The summed E-state index contributed by atoms with van der Waals surface area (Å²) in [5, 5.41) is 2.18. The number of alkyl carbamates (subject to hydrolysis) is 1. The van der Waals surface area contributed by atoms with Crippen LogP contribution in [0.4, 0.5) is 4.79 Å². The number of hydrogen-bond acceptors (Lipinski definition) is 4. The van der Waals surface area contributed by atoms with Crippen molar-refractivity contribution in [2.24, 2.45) is 0 Å². The number of ether oxygens (including phenoxy) is 2. The lowest BCUT2D eigenvalue weighted by Crippen LogP contribution is -2.31. The van der Waals surface area contributed by atoms with Gasteiger partial charge in [0.25, 0.3) is 5.91 Å². The van der Waals surface area contributed by atoms with Gasteiger partial charge in [0.1, 0.15) is 18.8 Å². The van der Waals surface area contributed by atoms with Gasteiger partial charge in [0.15, 0.2) is 0 Å². The molecule has 0 saturated carbocycles. The van der Waals surface area contributed by atoms with Gasteiger partial charge in [-0.2, -0.15) is 0 Å². The van der Waals surface area contributed by atoms with Crippen molar-refractivity contribution in [1.29, 1.82) is 0 Å². The van der Waals surface area contributed by atoms with Crippen LogP contribution in [0.15, 0.2) is 60.7 Å². The number of carbonyl (C=O) groups excluding carboxylic acids is 2. The summed E-state index contributed by atoms with van der Waals surface area (Å²) >= 11 is 0. The second-order valence-electron chi connectivity index (χ2n) is 4.92. The van der Waals surface area contributed by atoms with Gasteiger partial charge < -0.3 is 9.47 Å². The minimum Gasteiger partial charge on any atom is -0.446 e. The average Bonchev–Trinajstić information content (AvgIpc) is 3.34. The molecular weight excluding hydrogens is 282 g/mol. The highest BCUT2D eigenvalue weighted by Crippen LogP contribution is 2.38. The predicted molar refractivity (Wildman–Crippen MR) is 79.3 cm³/mol. The molecule has 5 nitrogen and oxygen atoms in total. The zero-order chi connectivity index (χ0) is 15.4. The molecule has 0 unspecified atom stereocenters. The standard InChI is InChI=1S/C17H15NO4/c19-16(13-9-5-2-6-10-13)18-17(20)21-11-14-15(22-14)12-7-3-1-4-8-12/h1-10,14-15H,11H2,(H,18,19,20)/t14-,15-/m0/s1. The molecule has 2 aromatic rings. The van der Waals surface area contributed by atoms with E-state index in [9.17, 15) is 9.59 Å². The zero-order valence-corrected chi connectivity index (χ0v) is 11.8. The molecule has 0 radical (unpaired) electrons. The second kappa shape index (κ2) is 6.41. The van der Waals surface area contributed by atoms with Gasteiger partial charge in [0.05, 0.1) is 0 Å². The van der Waals surface area contributed by atoms with Crippen LogP contribution in [0.3, 0.4) is 0 Å². The summed E-state index contributed by atoms with van der Waals surface area (Å²) < 4.78 is 10.5. The van der Waals surface area contributed by atoms with Crippen LogP contribution in [-0.4, -0.2) is 24.7 Å². The number of epoxide rings is 1. The number of amides is 2. The Morgan fingerprint density at radius 1 is 1.00 bits per heavy atom. The van der Waals surface area contributed by atoms with Gasteiger partial charge >= 0.3 is 6.09 Å². The van der Waals surface area contributed by atoms with E-state index >= 15 is 0 Å². The van der Waals surface area contributed by atoms with Gasteiger partial charge in [0.2, 0.25) is 0 Å². The molecule has 1 aliphatic rings. The van der Waals surface area contributed by atoms with Gasteiger partial charge in [-0.05, 0) is 17.7 Å². The van der Waals surface area contributed by atoms with E-state index in [1.165, 1.54) is 0 Å². The Hall–Kier alpha value is -2.66. The smallest absolute Gasteiger partial charge is 0.414 e. The van der Waals surface area contributed by atoms with Crippen molar-refractivity contribution in [2.45, 2.75) is 12.2 Å². The lowest BCUT2D eigenvalue weighted by Gasteiger charge is -2.04. The molecule has 1 aliphatic heterocycles. The molecule has 1 heterocycles. The fraction of sp³-hybridized carbons (Fsp3) is 0.176. The summed E-state index contributed by atoms with van der Waals surface area (Å²) in [6, 6.07) is 18.2. The van der Waals surface area contributed by atoms with Gasteiger partial charge in [-0.3, -0.25) is 10.1 Å². The third kappa shape index (κ3) is 3.51. The minimum absolute atomic E-state index is 0.0428. The first-order valence-corrected chi connectivity index (χ1v) is 6.97. The van der Waals surface area contributed by atoms with E-state index in [-0.39, 0.29) is 18.8 Å². The second-order valence-corrected chi connectivity index (χ2v) is 4.92. The van der Waals surface area contributed by atoms with E-state index < -0.39 is 12.0 Å². The summed E-state index contributed by atoms with van der Waals surface area (Å²) in [5.74, 6) is -0.484. The molecule has 0 spiro atoms. The number of benzene rings is 2. The van der Waals surface area contributed by atoms with Gasteiger partial charge in [-0.1, -0.05) is 48.5 Å². The van der Waals surface area contributed by atoms with E-state index in [4.69, 9.17) is 9.47 Å². The highest BCUT2D eigenvalue weighted by molar-refractivity contribution is 6.02. The quantitative estimate of drug-likeness (QED) is 0.881. The summed E-state index contributed by atoms with van der Waals surface area (Å²) in [5.41, 5.74) is 1.46. The summed E-state index contributed by atoms with van der Waals surface area (Å²) in [6.07, 6.45) is -0.963. The number of hydrogen-bond donors (Lipinski definition) is 1. The minimum atomic E-state index is -0.767. The van der Waals surface area contributed by atoms with Crippen LogP contribution >= 0.6 is 0 Å². The fourth-order valence-corrected chi connectivity index (χ4v) is 2.15. The lowest BCUT2D eigenvalue weighted by atomic mass is 10.1. The Labute approximate surface area is 127 Å². The first kappa shape index (κ1) is 14.3. The van der Waals surface area contributed by atoms with E-state index in [1.807, 2.05) is 30.3 Å². The van der Waals surface area contributed by atoms with Crippen LogP contribution < -0.4 is 5.32 Å². The molecule has 2 amide bonds. The van der Waals surface area contributed by atoms with E-state index in [1.54, 1.807) is 30.3 Å². The predicted octanol–water partition coefficient (Wildman–Crippen LogP) is 2.69. The molecular formula is C17H15NO4. The van der Waals surface area contributed by atoms with Crippen LogP contribution in [0.1, 0.15) is 22.0 Å². The van der Waals surface area contributed by atoms with Crippen molar-refractivity contribution < 1.29 is 19.1 Å². The largest absolute Gasteiger partial charge is 0.446 e. The monoisotopic (exact) mass is 297 g/mol. The highest BCUT2D eigenvalue weighted by atomic mass is 16.6. The summed E-state index contributed by atoms with van der Waals surface area (Å²) in [7, 11) is 0. The first-order chi connectivity index (χ1) is 10.7. The van der Waals surface area contributed by atoms with Crippen LogP contribution in [0, 0.1) is 0 Å². The van der Waals surface area contributed by atoms with Crippen molar-refractivity contribution in [3.8, 4) is 0 Å². The van der Waals surface area contributed by atoms with E-state index in [2.05, 4.69) is 5.32 Å². The average molecular weight is 297 g/mol. The third-order valence-electron chi connectivity index (χ3n) is 3.34. The molecule has 22 heavy (non-hydrogen) atoms. The van der Waals surface area contributed by atoms with Crippen LogP contribution in [0.5, 0.6) is 0 Å². The normalized spacial score (nSPS) is 19.3. The number of nitrogens with one attached hydrogen (secondary N) is 1. The Balaban J connectivity index is 1.43. The highest BCUT2D eigenvalue weighted by Gasteiger charge is 2.41. The lowest BCUT2D eigenvalue weighted by molar-refractivity contribution is 0.0911. The maximum atomic E-state index is 11.8. The molecule has 0 bridgehead atoms. The van der Waals surface area contributed by atoms with Gasteiger partial charge in [0, 0.05) is 5.56 Å². The Morgan fingerprint density at radius 3 is 2.32 bits per heavy atom. The molecule has 3 rings (SSSR count). The molecule has 1 saturated heterocycles. The van der Waals surface area contributed by atoms with Crippen molar-refractivity contribution in [3.63, 3.8) is 0 Å². The fourth-order valence-electron chi connectivity index (χ4n) is 2.15. The summed E-state index contributed by atoms with van der Waals surface area (Å²) in [6.45, 7) is 0.119. The van der Waals surface area contributed by atoms with Crippen LogP contribution in [0.25, 0.3) is 0 Å². The van der Waals surface area contributed by atoms with Crippen molar-refractivity contribution in [2.75, 3.05) is 6.61 Å². The third-order valence-corrected chi connectivity index (χ3v) is 3.34. The molecule has 2 aromatic carbocycles. The Bertz CT molecular complexity index is 657. The Morgan fingerprint density at radius 2 is 1.64 bits per heavy atom. The first-order valence-electron chi connectivity index (χ1n) is 6.97. The van der Waals surface area contributed by atoms with Crippen LogP contribution in [-0.2, 0) is 9.47 Å². The molecule has 1 N–H and O–H groups in total. The van der Waals surface area contributed by atoms with Crippen molar-refractivity contribution >= 4 is 12.0 Å². The SMILES string of the molecule is O=C(NC(=O)c1ccccc1)OC[C@@H]1O[C@H]1c1ccccc1. The van der Waals surface area contributed by atoms with Gasteiger partial charge in [-0.25, -0.2) is 4.79 Å². The topological polar surface area (TPSA) is 67.9 Å². The zero-order valence-electron chi connectivity index (χ0n) is 11.8. The number of imide groups is 1. The van der Waals surface area contributed by atoms with Crippen molar-refractivity contribution in [3.05, 3.63) is 71.8 Å². The van der Waals surface area contributed by atoms with E-state index in [0.717, 1.165) is 5.56 Å². The summed E-state index contributed by atoms with van der Waals surface area (Å²) in [4.78, 5) is 23.4. The maximum Gasteiger partial charge on any atom is 0.414 e. The van der Waals surface area contributed by atoms with E-state index in [0.29, 0.717) is 5.56 Å². The molecule has 112 valence electrons. The van der Waals surface area contributed by atoms with Gasteiger partial charge in [-0.15, -0.1) is 0 Å². The van der Waals surface area contributed by atoms with Crippen LogP contribution in [0.2, 0.25) is 0 Å². The molecule has 1 fully saturated rings. The number of carbonyl (C=O) groups is 2. The van der Waals surface area contributed by atoms with Crippen molar-refractivity contribution in [1.82, 2.24) is 5.32 Å². The molecule has 2 atom stereocenters. The number of rotatable bonds is 4. The molecule has 5 heteroatoms. The Kier molecular flexibility index (Phi) is 4.16. The maximum absolute atomic E-state index is 11.8. The molecule has 0 aromatic heterocycles.